The van der Waals surface area contributed by atoms with Crippen LogP contribution in [0, 0.1) is 0 Å². The van der Waals surface area contributed by atoms with Gasteiger partial charge in [0.15, 0.2) is 0 Å². The van der Waals surface area contributed by atoms with Gasteiger partial charge < -0.3 is 14.4 Å². The van der Waals surface area contributed by atoms with Gasteiger partial charge in [0.25, 0.3) is 0 Å². The standard InChI is InChI=1S/C11H14ClNO3/c12-8-5-10(11(14)15)13(6-8)7-9-3-1-2-4-16-9/h5-6,9H,1-4,7H2,(H,14,15). The molecule has 0 spiro atoms. The molecule has 0 aliphatic carbocycles. The monoisotopic (exact) mass is 243 g/mol. The minimum Gasteiger partial charge on any atom is -0.477 e. The summed E-state index contributed by atoms with van der Waals surface area (Å²) < 4.78 is 7.22. The zero-order valence-electron chi connectivity index (χ0n) is 8.86. The first-order valence-electron chi connectivity index (χ1n) is 5.37. The third-order valence-electron chi connectivity index (χ3n) is 2.76. The van der Waals surface area contributed by atoms with Crippen LogP contribution in [0.15, 0.2) is 12.3 Å². The number of aromatic nitrogens is 1. The molecule has 0 amide bonds. The molecule has 1 saturated heterocycles. The van der Waals surface area contributed by atoms with E-state index in [1.165, 1.54) is 6.07 Å². The minimum absolute atomic E-state index is 0.107. The summed E-state index contributed by atoms with van der Waals surface area (Å²) in [7, 11) is 0. The van der Waals surface area contributed by atoms with E-state index in [0.29, 0.717) is 11.6 Å². The van der Waals surface area contributed by atoms with E-state index >= 15 is 0 Å². The van der Waals surface area contributed by atoms with E-state index in [0.717, 1.165) is 25.9 Å². The number of nitrogens with zero attached hydrogens (tertiary/aromatic N) is 1. The van der Waals surface area contributed by atoms with Gasteiger partial charge in [-0.3, -0.25) is 0 Å². The summed E-state index contributed by atoms with van der Waals surface area (Å²) in [5, 5.41) is 9.44. The molecule has 1 aliphatic heterocycles. The Kier molecular flexibility index (Phi) is 3.51. The molecule has 1 unspecified atom stereocenters. The van der Waals surface area contributed by atoms with Crippen LogP contribution in [0.25, 0.3) is 0 Å². The molecule has 0 aromatic carbocycles. The number of ether oxygens (including phenoxy) is 1. The Balaban J connectivity index is 2.10. The van der Waals surface area contributed by atoms with Crippen molar-refractivity contribution < 1.29 is 14.6 Å². The molecule has 2 rings (SSSR count). The van der Waals surface area contributed by atoms with Crippen LogP contribution in [-0.4, -0.2) is 28.4 Å². The largest absolute Gasteiger partial charge is 0.477 e. The number of carbonyl (C=O) groups is 1. The zero-order valence-corrected chi connectivity index (χ0v) is 9.61. The topological polar surface area (TPSA) is 51.5 Å². The number of hydrogen-bond donors (Lipinski definition) is 1. The fourth-order valence-corrected chi connectivity index (χ4v) is 2.20. The van der Waals surface area contributed by atoms with Gasteiger partial charge in [-0.2, -0.15) is 0 Å². The van der Waals surface area contributed by atoms with Crippen molar-refractivity contribution in [1.29, 1.82) is 0 Å². The van der Waals surface area contributed by atoms with Crippen LogP contribution < -0.4 is 0 Å². The fraction of sp³-hybridized carbons (Fsp3) is 0.545. The highest BCUT2D eigenvalue weighted by molar-refractivity contribution is 6.30. The summed E-state index contributed by atoms with van der Waals surface area (Å²) in [4.78, 5) is 11.0. The lowest BCUT2D eigenvalue weighted by Crippen LogP contribution is -2.25. The highest BCUT2D eigenvalue weighted by atomic mass is 35.5. The van der Waals surface area contributed by atoms with E-state index in [1.807, 2.05) is 0 Å². The summed E-state index contributed by atoms with van der Waals surface area (Å²) in [6.45, 7) is 1.33. The van der Waals surface area contributed by atoms with Crippen LogP contribution in [0.2, 0.25) is 5.02 Å². The Morgan fingerprint density at radius 1 is 1.62 bits per heavy atom. The second-order valence-corrected chi connectivity index (χ2v) is 4.43. The van der Waals surface area contributed by atoms with Crippen molar-refractivity contribution in [3.05, 3.63) is 23.0 Å². The summed E-state index contributed by atoms with van der Waals surface area (Å²) in [5.41, 5.74) is 0.221. The van der Waals surface area contributed by atoms with E-state index in [9.17, 15) is 4.79 Å². The minimum atomic E-state index is -0.956. The molecule has 1 aromatic heterocycles. The van der Waals surface area contributed by atoms with Crippen LogP contribution in [0.5, 0.6) is 0 Å². The summed E-state index contributed by atoms with van der Waals surface area (Å²) >= 11 is 5.80. The second-order valence-electron chi connectivity index (χ2n) is 3.99. The van der Waals surface area contributed by atoms with E-state index in [4.69, 9.17) is 21.4 Å². The normalized spacial score (nSPS) is 20.9. The molecule has 1 fully saturated rings. The zero-order chi connectivity index (χ0) is 11.5. The average Bonchev–Trinajstić information content (AvgIpc) is 2.61. The van der Waals surface area contributed by atoms with Crippen molar-refractivity contribution in [2.45, 2.75) is 31.9 Å². The molecule has 1 N–H and O–H groups in total. The van der Waals surface area contributed by atoms with E-state index in [1.54, 1.807) is 10.8 Å². The predicted octanol–water partition coefficient (Wildman–Crippen LogP) is 2.41. The molecule has 4 nitrogen and oxygen atoms in total. The lowest BCUT2D eigenvalue weighted by atomic mass is 10.1. The maximum absolute atomic E-state index is 11.0. The predicted molar refractivity (Wildman–Crippen MR) is 60.0 cm³/mol. The van der Waals surface area contributed by atoms with Crippen LogP contribution in [0.3, 0.4) is 0 Å². The van der Waals surface area contributed by atoms with Gasteiger partial charge in [-0.15, -0.1) is 0 Å². The van der Waals surface area contributed by atoms with E-state index < -0.39 is 5.97 Å². The van der Waals surface area contributed by atoms with Crippen molar-refractivity contribution in [2.75, 3.05) is 6.61 Å². The third-order valence-corrected chi connectivity index (χ3v) is 2.96. The molecular weight excluding hydrogens is 230 g/mol. The lowest BCUT2D eigenvalue weighted by Gasteiger charge is -2.23. The van der Waals surface area contributed by atoms with Crippen LogP contribution >= 0.6 is 11.6 Å². The quantitative estimate of drug-likeness (QED) is 0.887. The van der Waals surface area contributed by atoms with Crippen LogP contribution in [0.1, 0.15) is 29.8 Å². The maximum Gasteiger partial charge on any atom is 0.352 e. The molecule has 88 valence electrons. The summed E-state index contributed by atoms with van der Waals surface area (Å²) in [6.07, 6.45) is 4.96. The number of carboxylic acids is 1. The smallest absolute Gasteiger partial charge is 0.352 e. The van der Waals surface area contributed by atoms with Crippen molar-refractivity contribution in [2.24, 2.45) is 0 Å². The third kappa shape index (κ3) is 2.57. The molecule has 1 aliphatic rings. The highest BCUT2D eigenvalue weighted by Gasteiger charge is 2.18. The Morgan fingerprint density at radius 2 is 2.44 bits per heavy atom. The average molecular weight is 244 g/mol. The van der Waals surface area contributed by atoms with Crippen molar-refractivity contribution in [3.8, 4) is 0 Å². The number of carboxylic acid groups (broad SMARTS) is 1. The van der Waals surface area contributed by atoms with E-state index in [-0.39, 0.29) is 11.8 Å². The number of aromatic carboxylic acids is 1. The summed E-state index contributed by atoms with van der Waals surface area (Å²) in [5.74, 6) is -0.956. The van der Waals surface area contributed by atoms with E-state index in [2.05, 4.69) is 0 Å². The number of hydrogen-bond acceptors (Lipinski definition) is 2. The van der Waals surface area contributed by atoms with Crippen molar-refractivity contribution in [3.63, 3.8) is 0 Å². The Labute approximate surface area is 98.8 Å². The highest BCUT2D eigenvalue weighted by Crippen LogP contribution is 2.19. The molecule has 1 aromatic rings. The van der Waals surface area contributed by atoms with Gasteiger partial charge in [0, 0.05) is 19.3 Å². The van der Waals surface area contributed by atoms with Gasteiger partial charge in [0.2, 0.25) is 0 Å². The first kappa shape index (κ1) is 11.5. The molecule has 0 saturated carbocycles. The first-order valence-corrected chi connectivity index (χ1v) is 5.75. The lowest BCUT2D eigenvalue weighted by molar-refractivity contribution is 0.00546. The summed E-state index contributed by atoms with van der Waals surface area (Å²) in [6, 6.07) is 1.46. The first-order chi connectivity index (χ1) is 7.66. The molecule has 1 atom stereocenters. The van der Waals surface area contributed by atoms with Gasteiger partial charge in [-0.25, -0.2) is 4.79 Å². The van der Waals surface area contributed by atoms with Gasteiger partial charge in [0.05, 0.1) is 11.1 Å². The number of rotatable bonds is 3. The van der Waals surface area contributed by atoms with Crippen LogP contribution in [0.4, 0.5) is 0 Å². The van der Waals surface area contributed by atoms with Gasteiger partial charge in [0.1, 0.15) is 5.69 Å². The van der Waals surface area contributed by atoms with Gasteiger partial charge in [-0.1, -0.05) is 11.6 Å². The molecular formula is C11H14ClNO3. The van der Waals surface area contributed by atoms with Gasteiger partial charge >= 0.3 is 5.97 Å². The van der Waals surface area contributed by atoms with Crippen molar-refractivity contribution >= 4 is 17.6 Å². The molecule has 16 heavy (non-hydrogen) atoms. The molecule has 5 heteroatoms. The Morgan fingerprint density at radius 3 is 3.06 bits per heavy atom. The Hall–Kier alpha value is -1.00. The SMILES string of the molecule is O=C(O)c1cc(Cl)cn1CC1CCCCO1. The Bertz CT molecular complexity index is 383. The van der Waals surface area contributed by atoms with Gasteiger partial charge in [-0.05, 0) is 25.3 Å². The number of halogens is 1. The maximum atomic E-state index is 11.0. The van der Waals surface area contributed by atoms with Crippen LogP contribution in [-0.2, 0) is 11.3 Å². The molecule has 2 heterocycles. The molecule has 0 radical (unpaired) electrons. The fourth-order valence-electron chi connectivity index (χ4n) is 1.98. The second kappa shape index (κ2) is 4.89. The van der Waals surface area contributed by atoms with Crippen molar-refractivity contribution in [1.82, 2.24) is 4.57 Å². The molecule has 0 bridgehead atoms.